The molecular weight excluding hydrogens is 242 g/mol. The summed E-state index contributed by atoms with van der Waals surface area (Å²) in [5, 5.41) is 9.35. The van der Waals surface area contributed by atoms with Crippen LogP contribution >= 0.6 is 0 Å². The van der Waals surface area contributed by atoms with Gasteiger partial charge in [0.2, 0.25) is 0 Å². The lowest BCUT2D eigenvalue weighted by molar-refractivity contribution is -0.140. The first kappa shape index (κ1) is 17.6. The number of rotatable bonds is 10. The lowest BCUT2D eigenvalue weighted by Crippen LogP contribution is -2.22. The van der Waals surface area contributed by atoms with Crippen LogP contribution in [0.1, 0.15) is 46.0 Å². The fourth-order valence-electron chi connectivity index (χ4n) is 1.92. The summed E-state index contributed by atoms with van der Waals surface area (Å²) in [7, 11) is 0. The minimum atomic E-state index is -0.901. The molecule has 0 aliphatic carbocycles. The molecule has 0 radical (unpaired) electrons. The fourth-order valence-corrected chi connectivity index (χ4v) is 1.92. The molecule has 0 rings (SSSR count). The molecule has 0 amide bonds. The smallest absolute Gasteiger partial charge is 0.310 e. The van der Waals surface area contributed by atoms with Crippen molar-refractivity contribution in [3.63, 3.8) is 0 Å². The van der Waals surface area contributed by atoms with Gasteiger partial charge in [0.15, 0.2) is 5.78 Å². The Kier molecular flexibility index (Phi) is 8.79. The zero-order chi connectivity index (χ0) is 14.8. The van der Waals surface area contributed by atoms with Crippen molar-refractivity contribution in [1.82, 2.24) is 0 Å². The number of carboxylic acids is 1. The molecule has 0 spiro atoms. The third-order valence-corrected chi connectivity index (χ3v) is 3.01. The van der Waals surface area contributed by atoms with Crippen LogP contribution in [0.15, 0.2) is 23.8 Å². The summed E-state index contributed by atoms with van der Waals surface area (Å²) in [5.41, 5.74) is 6.46. The number of carbonyl (C=O) groups is 2. The second kappa shape index (κ2) is 9.50. The van der Waals surface area contributed by atoms with Crippen LogP contribution in [0.2, 0.25) is 0 Å². The summed E-state index contributed by atoms with van der Waals surface area (Å²) < 4.78 is 0. The van der Waals surface area contributed by atoms with Gasteiger partial charge in [0, 0.05) is 0 Å². The van der Waals surface area contributed by atoms with E-state index >= 15 is 0 Å². The van der Waals surface area contributed by atoms with Gasteiger partial charge < -0.3 is 10.8 Å². The maximum atomic E-state index is 11.4. The highest BCUT2D eigenvalue weighted by atomic mass is 16.4. The van der Waals surface area contributed by atoms with E-state index < -0.39 is 11.9 Å². The van der Waals surface area contributed by atoms with Gasteiger partial charge in [-0.1, -0.05) is 44.9 Å². The molecule has 19 heavy (non-hydrogen) atoms. The fraction of sp³-hybridized carbons (Fsp3) is 0.600. The minimum absolute atomic E-state index is 0.118. The van der Waals surface area contributed by atoms with Crippen molar-refractivity contribution in [3.05, 3.63) is 23.8 Å². The van der Waals surface area contributed by atoms with Crippen molar-refractivity contribution in [2.24, 2.45) is 11.7 Å². The molecular formula is C15H25NO3. The highest BCUT2D eigenvalue weighted by Gasteiger charge is 2.24. The summed E-state index contributed by atoms with van der Waals surface area (Å²) in [6, 6.07) is 0. The Morgan fingerprint density at radius 1 is 1.32 bits per heavy atom. The Morgan fingerprint density at radius 3 is 2.37 bits per heavy atom. The molecule has 0 fully saturated rings. The number of hydrogen-bond acceptors (Lipinski definition) is 3. The molecule has 1 atom stereocenters. The topological polar surface area (TPSA) is 80.4 Å². The number of aliphatic carboxylic acids is 1. The van der Waals surface area contributed by atoms with E-state index in [2.05, 4.69) is 6.58 Å². The normalized spacial score (nSPS) is 13.1. The van der Waals surface area contributed by atoms with Gasteiger partial charge in [0.1, 0.15) is 0 Å². The molecule has 0 aliphatic rings. The third kappa shape index (κ3) is 6.34. The maximum Gasteiger partial charge on any atom is 0.310 e. The molecule has 0 aromatic rings. The van der Waals surface area contributed by atoms with E-state index in [1.807, 2.05) is 19.9 Å². The number of hydrogen-bond donors (Lipinski definition) is 2. The zero-order valence-electron chi connectivity index (χ0n) is 11.9. The van der Waals surface area contributed by atoms with E-state index in [4.69, 9.17) is 5.73 Å². The molecule has 0 aromatic carbocycles. The summed E-state index contributed by atoms with van der Waals surface area (Å²) in [5.74, 6) is -1.83. The SMILES string of the molecule is C=C(CC(C(=O)O)C(=CCCC)CCC)C(=O)CN. The van der Waals surface area contributed by atoms with Gasteiger partial charge in [-0.05, 0) is 24.8 Å². The molecule has 108 valence electrons. The van der Waals surface area contributed by atoms with E-state index in [1.165, 1.54) is 0 Å². The highest BCUT2D eigenvalue weighted by Crippen LogP contribution is 2.25. The number of allylic oxidation sites excluding steroid dienone is 1. The quantitative estimate of drug-likeness (QED) is 0.471. The van der Waals surface area contributed by atoms with Gasteiger partial charge >= 0.3 is 5.97 Å². The maximum absolute atomic E-state index is 11.4. The molecule has 1 unspecified atom stereocenters. The largest absolute Gasteiger partial charge is 0.481 e. The Bertz CT molecular complexity index is 358. The monoisotopic (exact) mass is 267 g/mol. The molecule has 0 bridgehead atoms. The van der Waals surface area contributed by atoms with Crippen LogP contribution in [0.25, 0.3) is 0 Å². The van der Waals surface area contributed by atoms with Crippen LogP contribution in [0.4, 0.5) is 0 Å². The first-order valence-electron chi connectivity index (χ1n) is 6.80. The molecule has 0 saturated carbocycles. The van der Waals surface area contributed by atoms with Crippen molar-refractivity contribution in [1.29, 1.82) is 0 Å². The van der Waals surface area contributed by atoms with Crippen molar-refractivity contribution >= 4 is 11.8 Å². The van der Waals surface area contributed by atoms with Crippen LogP contribution in [-0.4, -0.2) is 23.4 Å². The molecule has 3 N–H and O–H groups in total. The molecule has 4 nitrogen and oxygen atoms in total. The lowest BCUT2D eigenvalue weighted by atomic mass is 9.87. The lowest BCUT2D eigenvalue weighted by Gasteiger charge is -2.17. The van der Waals surface area contributed by atoms with Gasteiger partial charge in [-0.3, -0.25) is 9.59 Å². The summed E-state index contributed by atoms with van der Waals surface area (Å²) in [6.07, 6.45) is 5.60. The van der Waals surface area contributed by atoms with Gasteiger partial charge in [0.05, 0.1) is 12.5 Å². The van der Waals surface area contributed by atoms with Crippen LogP contribution in [0, 0.1) is 5.92 Å². The molecule has 0 aromatic heterocycles. The number of carboxylic acid groups (broad SMARTS) is 1. The van der Waals surface area contributed by atoms with Crippen molar-refractivity contribution in [3.8, 4) is 0 Å². The van der Waals surface area contributed by atoms with E-state index in [1.54, 1.807) is 0 Å². The Labute approximate surface area is 115 Å². The standard InChI is InChI=1S/C15H25NO3/c1-4-6-8-12(7-5-2)13(15(18)19)9-11(3)14(17)10-16/h8,13H,3-7,9-10,16H2,1-2H3,(H,18,19). The second-order valence-electron chi connectivity index (χ2n) is 4.64. The van der Waals surface area contributed by atoms with Crippen LogP contribution < -0.4 is 5.73 Å². The Hall–Kier alpha value is -1.42. The van der Waals surface area contributed by atoms with Crippen LogP contribution in [-0.2, 0) is 9.59 Å². The highest BCUT2D eigenvalue weighted by molar-refractivity contribution is 5.96. The Morgan fingerprint density at radius 2 is 1.95 bits per heavy atom. The van der Waals surface area contributed by atoms with Crippen molar-refractivity contribution in [2.45, 2.75) is 46.0 Å². The van der Waals surface area contributed by atoms with E-state index in [0.29, 0.717) is 5.57 Å². The minimum Gasteiger partial charge on any atom is -0.481 e. The average molecular weight is 267 g/mol. The van der Waals surface area contributed by atoms with Gasteiger partial charge in [-0.25, -0.2) is 0 Å². The van der Waals surface area contributed by atoms with E-state index in [-0.39, 0.29) is 18.7 Å². The predicted molar refractivity (Wildman–Crippen MR) is 76.8 cm³/mol. The average Bonchev–Trinajstić information content (AvgIpc) is 2.39. The number of nitrogens with two attached hydrogens (primary N) is 1. The molecule has 0 heterocycles. The number of carbonyl (C=O) groups excluding carboxylic acids is 1. The molecule has 0 saturated heterocycles. The predicted octanol–water partition coefficient (Wildman–Crippen LogP) is 2.69. The third-order valence-electron chi connectivity index (χ3n) is 3.01. The number of Topliss-reactive ketones (excluding diaryl/α,β-unsaturated/α-hetero) is 1. The molecule has 4 heteroatoms. The zero-order valence-corrected chi connectivity index (χ0v) is 11.9. The van der Waals surface area contributed by atoms with Crippen LogP contribution in [0.3, 0.4) is 0 Å². The van der Waals surface area contributed by atoms with Crippen molar-refractivity contribution < 1.29 is 14.7 Å². The molecule has 0 aliphatic heterocycles. The van der Waals surface area contributed by atoms with E-state index in [9.17, 15) is 14.7 Å². The van der Waals surface area contributed by atoms with Crippen molar-refractivity contribution in [2.75, 3.05) is 6.54 Å². The van der Waals surface area contributed by atoms with Gasteiger partial charge in [0.25, 0.3) is 0 Å². The number of unbranched alkanes of at least 4 members (excludes halogenated alkanes) is 1. The summed E-state index contributed by atoms with van der Waals surface area (Å²) in [6.45, 7) is 7.59. The van der Waals surface area contributed by atoms with E-state index in [0.717, 1.165) is 31.3 Å². The first-order valence-corrected chi connectivity index (χ1v) is 6.80. The summed E-state index contributed by atoms with van der Waals surface area (Å²) >= 11 is 0. The first-order chi connectivity index (χ1) is 8.97. The van der Waals surface area contributed by atoms with Gasteiger partial charge in [-0.2, -0.15) is 0 Å². The Balaban J connectivity index is 4.99. The number of ketones is 1. The van der Waals surface area contributed by atoms with Crippen LogP contribution in [0.5, 0.6) is 0 Å². The second-order valence-corrected chi connectivity index (χ2v) is 4.64. The van der Waals surface area contributed by atoms with Gasteiger partial charge in [-0.15, -0.1) is 0 Å². The summed E-state index contributed by atoms with van der Waals surface area (Å²) in [4.78, 5) is 22.8.